The van der Waals surface area contributed by atoms with E-state index >= 15 is 0 Å². The van der Waals surface area contributed by atoms with Crippen molar-refractivity contribution >= 4 is 17.4 Å². The zero-order valence-electron chi connectivity index (χ0n) is 17.0. The number of ketones is 1. The molecule has 152 valence electrons. The number of fused-ring (bicyclic) bond motifs is 1. The first-order valence-corrected chi connectivity index (χ1v) is 10.3. The number of nitrogens with zero attached hydrogens (tertiary/aromatic N) is 1. The summed E-state index contributed by atoms with van der Waals surface area (Å²) in [5.74, 6) is -0.663. The van der Waals surface area contributed by atoms with Crippen molar-refractivity contribution in [2.75, 3.05) is 11.4 Å². The molecule has 1 atom stereocenters. The van der Waals surface area contributed by atoms with Gasteiger partial charge < -0.3 is 10.0 Å². The molecule has 0 unspecified atom stereocenters. The molecule has 3 aromatic rings. The quantitative estimate of drug-likeness (QED) is 0.598. The van der Waals surface area contributed by atoms with Crippen molar-refractivity contribution in [3.8, 4) is 0 Å². The van der Waals surface area contributed by atoms with Gasteiger partial charge in [0.2, 0.25) is 0 Å². The lowest BCUT2D eigenvalue weighted by atomic mass is 9.88. The van der Waals surface area contributed by atoms with Crippen LogP contribution < -0.4 is 4.90 Å². The fourth-order valence-corrected chi connectivity index (χ4v) is 4.06. The summed E-state index contributed by atoms with van der Waals surface area (Å²) in [7, 11) is 0. The Morgan fingerprint density at radius 1 is 0.933 bits per heavy atom. The Kier molecular flexibility index (Phi) is 5.51. The maximum Gasteiger partial charge on any atom is 0.264 e. The van der Waals surface area contributed by atoms with Gasteiger partial charge >= 0.3 is 0 Å². The van der Waals surface area contributed by atoms with Crippen LogP contribution in [0.4, 0.5) is 5.69 Å². The smallest absolute Gasteiger partial charge is 0.264 e. The largest absolute Gasteiger partial charge is 0.375 e. The van der Waals surface area contributed by atoms with Crippen LogP contribution in [0.1, 0.15) is 39.9 Å². The van der Waals surface area contributed by atoms with Gasteiger partial charge in [0.25, 0.3) is 5.91 Å². The summed E-state index contributed by atoms with van der Waals surface area (Å²) in [6.45, 7) is 2.44. The van der Waals surface area contributed by atoms with E-state index in [1.54, 1.807) is 29.2 Å². The average Bonchev–Trinajstić information content (AvgIpc) is 2.97. The van der Waals surface area contributed by atoms with Crippen molar-refractivity contribution in [2.24, 2.45) is 0 Å². The van der Waals surface area contributed by atoms with Crippen molar-refractivity contribution in [3.63, 3.8) is 0 Å². The number of anilines is 1. The van der Waals surface area contributed by atoms with Gasteiger partial charge in [-0.25, -0.2) is 0 Å². The molecule has 0 aromatic heterocycles. The van der Waals surface area contributed by atoms with Gasteiger partial charge in [-0.1, -0.05) is 78.4 Å². The van der Waals surface area contributed by atoms with Gasteiger partial charge in [-0.15, -0.1) is 0 Å². The highest BCUT2D eigenvalue weighted by Crippen LogP contribution is 2.42. The number of aliphatic hydroxyl groups is 1. The van der Waals surface area contributed by atoms with Crippen LogP contribution in [0, 0.1) is 6.92 Å². The Morgan fingerprint density at radius 3 is 2.33 bits per heavy atom. The van der Waals surface area contributed by atoms with Crippen LogP contribution in [0.3, 0.4) is 0 Å². The summed E-state index contributed by atoms with van der Waals surface area (Å²) in [5, 5.41) is 11.4. The zero-order valence-corrected chi connectivity index (χ0v) is 17.0. The van der Waals surface area contributed by atoms with E-state index in [1.807, 2.05) is 49.4 Å². The molecule has 4 heteroatoms. The maximum absolute atomic E-state index is 13.3. The number of benzene rings is 3. The Labute approximate surface area is 176 Å². The van der Waals surface area contributed by atoms with E-state index in [0.29, 0.717) is 23.4 Å². The highest BCUT2D eigenvalue weighted by Gasteiger charge is 2.50. The summed E-state index contributed by atoms with van der Waals surface area (Å²) in [5.41, 5.74) is 2.14. The monoisotopic (exact) mass is 399 g/mol. The summed E-state index contributed by atoms with van der Waals surface area (Å²) in [4.78, 5) is 27.7. The van der Waals surface area contributed by atoms with E-state index < -0.39 is 11.5 Å². The Hall–Kier alpha value is -3.24. The molecule has 0 bridgehead atoms. The van der Waals surface area contributed by atoms with Gasteiger partial charge in [0, 0.05) is 17.7 Å². The second-order valence-corrected chi connectivity index (χ2v) is 7.89. The van der Waals surface area contributed by atoms with Crippen LogP contribution in [-0.2, 0) is 16.8 Å². The Bertz CT molecular complexity index is 1060. The van der Waals surface area contributed by atoms with Crippen molar-refractivity contribution in [1.29, 1.82) is 0 Å². The van der Waals surface area contributed by atoms with Crippen molar-refractivity contribution in [1.82, 2.24) is 0 Å². The summed E-state index contributed by atoms with van der Waals surface area (Å²) >= 11 is 0. The first-order chi connectivity index (χ1) is 14.5. The molecule has 1 N–H and O–H groups in total. The molecule has 1 heterocycles. The first-order valence-electron chi connectivity index (χ1n) is 10.3. The third-order valence-electron chi connectivity index (χ3n) is 5.72. The SMILES string of the molecule is Cc1ccc(C(=O)C[C@@]2(O)C(=O)N(CCCc3ccccc3)c3ccccc32)cc1. The molecule has 30 heavy (non-hydrogen) atoms. The Balaban J connectivity index is 1.54. The lowest BCUT2D eigenvalue weighted by Gasteiger charge is -2.23. The Morgan fingerprint density at radius 2 is 1.60 bits per heavy atom. The molecular formula is C26H25NO3. The van der Waals surface area contributed by atoms with Crippen LogP contribution in [0.2, 0.25) is 0 Å². The van der Waals surface area contributed by atoms with Gasteiger partial charge in [0.1, 0.15) is 0 Å². The molecule has 0 saturated heterocycles. The zero-order chi connectivity index (χ0) is 21.1. The minimum Gasteiger partial charge on any atom is -0.375 e. The molecule has 0 radical (unpaired) electrons. The van der Waals surface area contributed by atoms with Crippen molar-refractivity contribution < 1.29 is 14.7 Å². The van der Waals surface area contributed by atoms with Crippen molar-refractivity contribution in [3.05, 3.63) is 101 Å². The second kappa shape index (κ2) is 8.25. The fourth-order valence-electron chi connectivity index (χ4n) is 4.06. The van der Waals surface area contributed by atoms with Crippen LogP contribution in [-0.4, -0.2) is 23.3 Å². The van der Waals surface area contributed by atoms with Crippen LogP contribution >= 0.6 is 0 Å². The van der Waals surface area contributed by atoms with Crippen molar-refractivity contribution in [2.45, 2.75) is 31.8 Å². The number of hydrogen-bond acceptors (Lipinski definition) is 3. The molecule has 4 rings (SSSR count). The van der Waals surface area contributed by atoms with Gasteiger partial charge in [-0.05, 0) is 31.4 Å². The summed E-state index contributed by atoms with van der Waals surface area (Å²) in [6, 6.07) is 24.5. The minimum atomic E-state index is -1.83. The molecule has 4 nitrogen and oxygen atoms in total. The molecular weight excluding hydrogens is 374 g/mol. The van der Waals surface area contributed by atoms with Crippen LogP contribution in [0.5, 0.6) is 0 Å². The fraction of sp³-hybridized carbons (Fsp3) is 0.231. The predicted octanol–water partition coefficient (Wildman–Crippen LogP) is 4.44. The molecule has 0 aliphatic carbocycles. The lowest BCUT2D eigenvalue weighted by molar-refractivity contribution is -0.135. The minimum absolute atomic E-state index is 0.244. The number of rotatable bonds is 7. The number of para-hydroxylation sites is 1. The number of amides is 1. The molecule has 1 aliphatic heterocycles. The highest BCUT2D eigenvalue weighted by molar-refractivity contribution is 6.10. The lowest BCUT2D eigenvalue weighted by Crippen LogP contribution is -2.42. The topological polar surface area (TPSA) is 57.6 Å². The molecule has 1 aliphatic rings. The van der Waals surface area contributed by atoms with E-state index in [0.717, 1.165) is 18.4 Å². The van der Waals surface area contributed by atoms with Gasteiger partial charge in [0.05, 0.1) is 12.1 Å². The van der Waals surface area contributed by atoms with E-state index in [-0.39, 0.29) is 12.2 Å². The molecule has 0 fully saturated rings. The van der Waals surface area contributed by atoms with E-state index in [4.69, 9.17) is 0 Å². The number of carbonyl (C=O) groups excluding carboxylic acids is 2. The number of aryl methyl sites for hydroxylation is 2. The van der Waals surface area contributed by atoms with Crippen LogP contribution in [0.15, 0.2) is 78.9 Å². The van der Waals surface area contributed by atoms with E-state index in [2.05, 4.69) is 12.1 Å². The second-order valence-electron chi connectivity index (χ2n) is 7.89. The summed E-state index contributed by atoms with van der Waals surface area (Å²) in [6.07, 6.45) is 1.35. The maximum atomic E-state index is 13.3. The number of Topliss-reactive ketones (excluding diaryl/α,β-unsaturated/α-hetero) is 1. The van der Waals surface area contributed by atoms with Crippen LogP contribution in [0.25, 0.3) is 0 Å². The number of carbonyl (C=O) groups is 2. The highest BCUT2D eigenvalue weighted by atomic mass is 16.3. The standard InChI is InChI=1S/C26H25NO3/c1-19-13-15-21(16-14-19)24(28)18-26(30)22-11-5-6-12-23(22)27(25(26)29)17-7-10-20-8-3-2-4-9-20/h2-6,8-9,11-16,30H,7,10,17-18H2,1H3/t26-/m0/s1. The summed E-state index contributed by atoms with van der Waals surface area (Å²) < 4.78 is 0. The van der Waals surface area contributed by atoms with Gasteiger partial charge in [0.15, 0.2) is 11.4 Å². The normalized spacial score (nSPS) is 17.8. The predicted molar refractivity (Wildman–Crippen MR) is 118 cm³/mol. The van der Waals surface area contributed by atoms with Gasteiger partial charge in [-0.3, -0.25) is 9.59 Å². The molecule has 1 amide bonds. The number of hydrogen-bond donors (Lipinski definition) is 1. The third-order valence-corrected chi connectivity index (χ3v) is 5.72. The first kappa shape index (κ1) is 20.0. The van der Waals surface area contributed by atoms with E-state index in [9.17, 15) is 14.7 Å². The van der Waals surface area contributed by atoms with E-state index in [1.165, 1.54) is 5.56 Å². The molecule has 3 aromatic carbocycles. The van der Waals surface area contributed by atoms with Gasteiger partial charge in [-0.2, -0.15) is 0 Å². The average molecular weight is 399 g/mol. The molecule has 0 saturated carbocycles. The molecule has 0 spiro atoms. The third kappa shape index (κ3) is 3.79.